The van der Waals surface area contributed by atoms with Gasteiger partial charge in [-0.3, -0.25) is 9.59 Å². The standard InChI is InChI=1S/C77H147NO5/c1-3-5-7-9-11-13-15-17-19-20-39-43-47-51-55-59-63-67-71-77(82)83-72-68-64-60-56-52-48-44-40-37-35-33-31-29-27-25-23-21-22-24-26-28-30-32-34-36-38-42-46-50-54-58-62-66-70-76(81)78-74(73-79)75(80)69-65-61-57-53-49-45-41-18-16-14-12-10-8-6-4-2/h19-20,25,27,31,33,74-75,79-80H,3-18,21-24,26,28-30,32,34-73H2,1-2H3,(H,78,81)/b20-19-,27-25-,33-31-. The number of carbonyl (C=O) groups is 2. The summed E-state index contributed by atoms with van der Waals surface area (Å²) in [6.07, 6.45) is 93.6. The van der Waals surface area contributed by atoms with E-state index in [0.717, 1.165) is 51.4 Å². The number of ether oxygens (including phenoxy) is 1. The maximum absolute atomic E-state index is 12.5. The van der Waals surface area contributed by atoms with Gasteiger partial charge in [0, 0.05) is 12.8 Å². The molecule has 0 aromatic carbocycles. The maximum atomic E-state index is 12.5. The van der Waals surface area contributed by atoms with Crippen LogP contribution in [0.1, 0.15) is 418 Å². The first-order valence-electron chi connectivity index (χ1n) is 37.7. The SMILES string of the molecule is CCCCCCCCC/C=C\CCCCCCCCCC(=O)OCCCCCCCCCCC/C=C\C/C=C\CCCCCCCCCCCCCCCCCCCC(=O)NC(CO)C(O)CCCCCCCCCCCCCCCCC. The van der Waals surface area contributed by atoms with Crippen molar-refractivity contribution in [2.24, 2.45) is 0 Å². The first-order valence-corrected chi connectivity index (χ1v) is 37.7. The van der Waals surface area contributed by atoms with Gasteiger partial charge in [-0.05, 0) is 83.5 Å². The van der Waals surface area contributed by atoms with Crippen LogP contribution in [0.5, 0.6) is 0 Å². The molecule has 0 aliphatic heterocycles. The number of esters is 1. The highest BCUT2D eigenvalue weighted by atomic mass is 16.5. The van der Waals surface area contributed by atoms with Crippen LogP contribution in [0.4, 0.5) is 0 Å². The maximum Gasteiger partial charge on any atom is 0.305 e. The molecule has 83 heavy (non-hydrogen) atoms. The van der Waals surface area contributed by atoms with Gasteiger partial charge < -0.3 is 20.3 Å². The van der Waals surface area contributed by atoms with Gasteiger partial charge in [-0.1, -0.05) is 359 Å². The average Bonchev–Trinajstić information content (AvgIpc) is 3.48. The van der Waals surface area contributed by atoms with Crippen LogP contribution >= 0.6 is 0 Å². The summed E-state index contributed by atoms with van der Waals surface area (Å²) in [5.74, 6) is -0.0183. The largest absolute Gasteiger partial charge is 0.466 e. The Hall–Kier alpha value is -1.92. The van der Waals surface area contributed by atoms with Gasteiger partial charge in [0.15, 0.2) is 0 Å². The Kier molecular flexibility index (Phi) is 70.9. The Bertz CT molecular complexity index is 1340. The minimum absolute atomic E-state index is 0.0119. The molecule has 0 rings (SSSR count). The van der Waals surface area contributed by atoms with Gasteiger partial charge in [0.2, 0.25) is 5.91 Å². The van der Waals surface area contributed by atoms with Crippen molar-refractivity contribution in [3.63, 3.8) is 0 Å². The second-order valence-corrected chi connectivity index (χ2v) is 26.0. The van der Waals surface area contributed by atoms with E-state index in [2.05, 4.69) is 55.6 Å². The van der Waals surface area contributed by atoms with E-state index in [-0.39, 0.29) is 18.5 Å². The van der Waals surface area contributed by atoms with Crippen LogP contribution in [0.15, 0.2) is 36.5 Å². The number of hydrogen-bond acceptors (Lipinski definition) is 5. The minimum Gasteiger partial charge on any atom is -0.466 e. The molecule has 3 N–H and O–H groups in total. The van der Waals surface area contributed by atoms with Crippen LogP contribution in [0.25, 0.3) is 0 Å². The molecule has 490 valence electrons. The molecule has 0 bridgehead atoms. The summed E-state index contributed by atoms with van der Waals surface area (Å²) in [6, 6.07) is -0.540. The minimum atomic E-state index is -0.663. The molecule has 2 atom stereocenters. The third kappa shape index (κ3) is 69.1. The third-order valence-corrected chi connectivity index (χ3v) is 17.7. The van der Waals surface area contributed by atoms with Crippen molar-refractivity contribution in [1.29, 1.82) is 0 Å². The molecule has 0 aromatic heterocycles. The number of allylic oxidation sites excluding steroid dienone is 6. The van der Waals surface area contributed by atoms with Crippen molar-refractivity contribution >= 4 is 11.9 Å². The lowest BCUT2D eigenvalue weighted by atomic mass is 10.0. The molecule has 0 heterocycles. The zero-order valence-corrected chi connectivity index (χ0v) is 56.2. The molecule has 0 aromatic rings. The number of hydrogen-bond donors (Lipinski definition) is 3. The van der Waals surface area contributed by atoms with Crippen LogP contribution in [-0.2, 0) is 14.3 Å². The van der Waals surface area contributed by atoms with Crippen LogP contribution in [0.2, 0.25) is 0 Å². The lowest BCUT2D eigenvalue weighted by molar-refractivity contribution is -0.143. The fraction of sp³-hybridized carbons (Fsp3) is 0.896. The van der Waals surface area contributed by atoms with Crippen molar-refractivity contribution < 1.29 is 24.5 Å². The van der Waals surface area contributed by atoms with Gasteiger partial charge >= 0.3 is 5.97 Å². The lowest BCUT2D eigenvalue weighted by Crippen LogP contribution is -2.45. The summed E-state index contributed by atoms with van der Waals surface area (Å²) < 4.78 is 5.50. The number of amides is 1. The lowest BCUT2D eigenvalue weighted by Gasteiger charge is -2.22. The van der Waals surface area contributed by atoms with Gasteiger partial charge in [-0.15, -0.1) is 0 Å². The van der Waals surface area contributed by atoms with E-state index in [0.29, 0.717) is 25.9 Å². The Labute approximate surface area is 519 Å². The van der Waals surface area contributed by atoms with Crippen LogP contribution in [0.3, 0.4) is 0 Å². The summed E-state index contributed by atoms with van der Waals surface area (Å²) >= 11 is 0. The Morgan fingerprint density at radius 1 is 0.337 bits per heavy atom. The number of rotatable bonds is 71. The van der Waals surface area contributed by atoms with Gasteiger partial charge in [0.25, 0.3) is 0 Å². The Balaban J connectivity index is 3.36. The van der Waals surface area contributed by atoms with E-state index in [4.69, 9.17) is 4.74 Å². The predicted molar refractivity (Wildman–Crippen MR) is 366 cm³/mol. The van der Waals surface area contributed by atoms with Crippen molar-refractivity contribution in [3.05, 3.63) is 36.5 Å². The van der Waals surface area contributed by atoms with E-state index in [9.17, 15) is 19.8 Å². The van der Waals surface area contributed by atoms with Crippen molar-refractivity contribution in [3.8, 4) is 0 Å². The number of aliphatic hydroxyl groups is 2. The van der Waals surface area contributed by atoms with E-state index >= 15 is 0 Å². The molecule has 1 amide bonds. The molecule has 0 aliphatic carbocycles. The average molecular weight is 1170 g/mol. The van der Waals surface area contributed by atoms with Gasteiger partial charge in [-0.25, -0.2) is 0 Å². The summed E-state index contributed by atoms with van der Waals surface area (Å²) in [7, 11) is 0. The third-order valence-electron chi connectivity index (χ3n) is 17.7. The second kappa shape index (κ2) is 72.6. The Morgan fingerprint density at radius 2 is 0.602 bits per heavy atom. The first-order chi connectivity index (χ1) is 41.0. The number of nitrogens with one attached hydrogen (secondary N) is 1. The number of aliphatic hydroxyl groups excluding tert-OH is 2. The number of unbranched alkanes of at least 4 members (excludes halogenated alkanes) is 54. The topological polar surface area (TPSA) is 95.9 Å². The van der Waals surface area contributed by atoms with Gasteiger partial charge in [-0.2, -0.15) is 0 Å². The molecular weight excluding hydrogens is 1020 g/mol. The quantitative estimate of drug-likeness (QED) is 0.0320. The molecule has 6 nitrogen and oxygen atoms in total. The molecule has 2 unspecified atom stereocenters. The van der Waals surface area contributed by atoms with Crippen LogP contribution in [0, 0.1) is 0 Å². The Morgan fingerprint density at radius 3 is 0.928 bits per heavy atom. The predicted octanol–water partition coefficient (Wildman–Crippen LogP) is 24.7. The molecule has 0 aliphatic rings. The molecule has 0 fully saturated rings. The molecule has 0 saturated heterocycles. The molecular formula is C77H147NO5. The van der Waals surface area contributed by atoms with Crippen molar-refractivity contribution in [1.82, 2.24) is 5.32 Å². The summed E-state index contributed by atoms with van der Waals surface area (Å²) in [5, 5.41) is 23.3. The monoisotopic (exact) mass is 1170 g/mol. The van der Waals surface area contributed by atoms with Crippen molar-refractivity contribution in [2.45, 2.75) is 431 Å². The highest BCUT2D eigenvalue weighted by Gasteiger charge is 2.20. The summed E-state index contributed by atoms with van der Waals surface area (Å²) in [6.45, 7) is 4.98. The molecule has 0 spiro atoms. The zero-order valence-electron chi connectivity index (χ0n) is 56.2. The van der Waals surface area contributed by atoms with Gasteiger partial charge in [0.05, 0.1) is 25.4 Å². The fourth-order valence-electron chi connectivity index (χ4n) is 11.9. The summed E-state index contributed by atoms with van der Waals surface area (Å²) in [5.41, 5.74) is 0. The summed E-state index contributed by atoms with van der Waals surface area (Å²) in [4.78, 5) is 24.6. The first kappa shape index (κ1) is 81.1. The van der Waals surface area contributed by atoms with Gasteiger partial charge in [0.1, 0.15) is 0 Å². The van der Waals surface area contributed by atoms with E-state index in [1.807, 2.05) is 0 Å². The van der Waals surface area contributed by atoms with Crippen LogP contribution in [-0.4, -0.2) is 47.4 Å². The molecule has 0 radical (unpaired) electrons. The van der Waals surface area contributed by atoms with E-state index in [1.54, 1.807) is 0 Å². The molecule has 0 saturated carbocycles. The highest BCUT2D eigenvalue weighted by molar-refractivity contribution is 5.76. The van der Waals surface area contributed by atoms with Crippen molar-refractivity contribution in [2.75, 3.05) is 13.2 Å². The normalized spacial score (nSPS) is 12.7. The highest BCUT2D eigenvalue weighted by Crippen LogP contribution is 2.19. The fourth-order valence-corrected chi connectivity index (χ4v) is 11.9. The number of carbonyl (C=O) groups excluding carboxylic acids is 2. The molecule has 6 heteroatoms. The van der Waals surface area contributed by atoms with E-state index in [1.165, 1.54) is 334 Å². The second-order valence-electron chi connectivity index (χ2n) is 26.0. The smallest absolute Gasteiger partial charge is 0.305 e. The zero-order chi connectivity index (χ0) is 59.9. The van der Waals surface area contributed by atoms with E-state index < -0.39 is 12.1 Å². The van der Waals surface area contributed by atoms with Crippen LogP contribution < -0.4 is 5.32 Å².